The highest BCUT2D eigenvalue weighted by Crippen LogP contribution is 2.03. The molecule has 0 aromatic rings. The summed E-state index contributed by atoms with van der Waals surface area (Å²) in [4.78, 5) is 6.49. The Labute approximate surface area is 153 Å². The molecule has 0 aliphatic heterocycles. The van der Waals surface area contributed by atoms with Crippen molar-refractivity contribution in [2.24, 2.45) is 4.99 Å². The predicted molar refractivity (Wildman–Crippen MR) is 106 cm³/mol. The molecule has 22 heavy (non-hydrogen) atoms. The van der Waals surface area contributed by atoms with Gasteiger partial charge in [-0.05, 0) is 27.7 Å². The van der Waals surface area contributed by atoms with Gasteiger partial charge in [0.2, 0.25) is 0 Å². The molecule has 0 fully saturated rings. The molecule has 0 atom stereocenters. The number of guanidine groups is 1. The number of sulfone groups is 1. The fourth-order valence-corrected chi connectivity index (χ4v) is 2.81. The van der Waals surface area contributed by atoms with Crippen molar-refractivity contribution < 1.29 is 8.42 Å². The van der Waals surface area contributed by atoms with Gasteiger partial charge in [-0.25, -0.2) is 8.42 Å². The molecule has 0 heterocycles. The van der Waals surface area contributed by atoms with Gasteiger partial charge in [-0.15, -0.1) is 24.0 Å². The van der Waals surface area contributed by atoms with Gasteiger partial charge in [-0.3, -0.25) is 9.89 Å². The van der Waals surface area contributed by atoms with Crippen LogP contribution in [-0.2, 0) is 9.84 Å². The fraction of sp³-hybridized carbons (Fsp3) is 0.929. The maximum atomic E-state index is 11.4. The number of nitrogens with zero attached hydrogens (tertiary/aromatic N) is 2. The van der Waals surface area contributed by atoms with Crippen molar-refractivity contribution in [3.63, 3.8) is 0 Å². The van der Waals surface area contributed by atoms with E-state index in [0.29, 0.717) is 24.6 Å². The minimum Gasteiger partial charge on any atom is -0.355 e. The van der Waals surface area contributed by atoms with Crippen LogP contribution in [-0.4, -0.2) is 69.5 Å². The zero-order valence-electron chi connectivity index (χ0n) is 14.7. The Morgan fingerprint density at radius 2 is 1.59 bits per heavy atom. The Morgan fingerprint density at radius 1 is 1.09 bits per heavy atom. The van der Waals surface area contributed by atoms with Crippen molar-refractivity contribution in [3.8, 4) is 0 Å². The Kier molecular flexibility index (Phi) is 13.6. The number of aliphatic imine (C=N–C) groups is 1. The summed E-state index contributed by atoms with van der Waals surface area (Å²) < 4.78 is 22.8. The van der Waals surface area contributed by atoms with Crippen molar-refractivity contribution in [2.75, 3.05) is 38.2 Å². The van der Waals surface area contributed by atoms with Crippen LogP contribution in [0.15, 0.2) is 4.99 Å². The molecule has 0 bridgehead atoms. The predicted octanol–water partition coefficient (Wildman–Crippen LogP) is 1.32. The third kappa shape index (κ3) is 10.6. The molecule has 8 heteroatoms. The van der Waals surface area contributed by atoms with Gasteiger partial charge in [0.05, 0.1) is 5.75 Å². The van der Waals surface area contributed by atoms with E-state index in [1.807, 2.05) is 0 Å². The van der Waals surface area contributed by atoms with E-state index in [2.05, 4.69) is 48.2 Å². The molecule has 0 aromatic carbocycles. The van der Waals surface area contributed by atoms with Gasteiger partial charge in [-0.1, -0.05) is 6.92 Å². The standard InChI is InChI=1S/C14H32N4O2S.HI/c1-7-21(19,20)11-9-17-14(15-6)16-8-10-18(12(2)3)13(4)5;/h12-13H,7-11H2,1-6H3,(H2,15,16,17);1H. The van der Waals surface area contributed by atoms with Crippen LogP contribution in [0.5, 0.6) is 0 Å². The maximum Gasteiger partial charge on any atom is 0.191 e. The number of hydrogen-bond acceptors (Lipinski definition) is 4. The average Bonchev–Trinajstić information content (AvgIpc) is 2.40. The largest absolute Gasteiger partial charge is 0.355 e. The summed E-state index contributed by atoms with van der Waals surface area (Å²) in [5.41, 5.74) is 0. The van der Waals surface area contributed by atoms with Crippen molar-refractivity contribution in [1.29, 1.82) is 0 Å². The first kappa shape index (κ1) is 24.2. The molecule has 0 amide bonds. The smallest absolute Gasteiger partial charge is 0.191 e. The molecule has 0 saturated heterocycles. The fourth-order valence-electron chi connectivity index (χ4n) is 2.11. The lowest BCUT2D eigenvalue weighted by atomic mass is 10.2. The lowest BCUT2D eigenvalue weighted by Gasteiger charge is -2.30. The number of rotatable bonds is 9. The first-order valence-electron chi connectivity index (χ1n) is 7.64. The number of hydrogen-bond donors (Lipinski definition) is 2. The second kappa shape index (κ2) is 12.3. The molecule has 0 saturated carbocycles. The van der Waals surface area contributed by atoms with Crippen LogP contribution >= 0.6 is 24.0 Å². The first-order chi connectivity index (χ1) is 9.73. The summed E-state index contributed by atoms with van der Waals surface area (Å²) in [5, 5.41) is 6.25. The summed E-state index contributed by atoms with van der Waals surface area (Å²) in [5.74, 6) is 0.959. The Bertz CT molecular complexity index is 403. The summed E-state index contributed by atoms with van der Waals surface area (Å²) in [6.07, 6.45) is 0. The van der Waals surface area contributed by atoms with E-state index < -0.39 is 9.84 Å². The Morgan fingerprint density at radius 3 is 2.00 bits per heavy atom. The monoisotopic (exact) mass is 448 g/mol. The van der Waals surface area contributed by atoms with Crippen LogP contribution in [0.25, 0.3) is 0 Å². The van der Waals surface area contributed by atoms with Gasteiger partial charge in [0.25, 0.3) is 0 Å². The van der Waals surface area contributed by atoms with Crippen LogP contribution in [0.4, 0.5) is 0 Å². The molecule has 0 aliphatic carbocycles. The SMILES string of the molecule is CCS(=O)(=O)CCNC(=NC)NCCN(C(C)C)C(C)C.I. The van der Waals surface area contributed by atoms with Gasteiger partial charge in [-0.2, -0.15) is 0 Å². The molecule has 0 rings (SSSR count). The highest BCUT2D eigenvalue weighted by Gasteiger charge is 2.13. The van der Waals surface area contributed by atoms with Crippen LogP contribution in [0.1, 0.15) is 34.6 Å². The Balaban J connectivity index is 0. The van der Waals surface area contributed by atoms with E-state index in [1.165, 1.54) is 0 Å². The average molecular weight is 448 g/mol. The van der Waals surface area contributed by atoms with Gasteiger partial charge in [0.15, 0.2) is 15.8 Å². The first-order valence-corrected chi connectivity index (χ1v) is 9.46. The lowest BCUT2D eigenvalue weighted by molar-refractivity contribution is 0.178. The summed E-state index contributed by atoms with van der Waals surface area (Å²) >= 11 is 0. The van der Waals surface area contributed by atoms with Crippen LogP contribution in [0.2, 0.25) is 0 Å². The molecule has 134 valence electrons. The van der Waals surface area contributed by atoms with E-state index in [-0.39, 0.29) is 35.5 Å². The van der Waals surface area contributed by atoms with Crippen molar-refractivity contribution in [1.82, 2.24) is 15.5 Å². The van der Waals surface area contributed by atoms with E-state index in [0.717, 1.165) is 13.1 Å². The molecule has 0 aliphatic rings. The topological polar surface area (TPSA) is 73.8 Å². The zero-order valence-corrected chi connectivity index (χ0v) is 17.9. The Hall–Kier alpha value is -0.0900. The summed E-state index contributed by atoms with van der Waals surface area (Å²) in [7, 11) is -1.25. The van der Waals surface area contributed by atoms with Gasteiger partial charge in [0, 0.05) is 44.5 Å². The second-order valence-corrected chi connectivity index (χ2v) is 8.06. The number of nitrogens with one attached hydrogen (secondary N) is 2. The van der Waals surface area contributed by atoms with Crippen molar-refractivity contribution >= 4 is 39.8 Å². The maximum absolute atomic E-state index is 11.4. The molecule has 0 aromatic heterocycles. The van der Waals surface area contributed by atoms with E-state index in [9.17, 15) is 8.42 Å². The van der Waals surface area contributed by atoms with Gasteiger partial charge >= 0.3 is 0 Å². The van der Waals surface area contributed by atoms with Gasteiger partial charge < -0.3 is 10.6 Å². The molecule has 0 spiro atoms. The molecule has 6 nitrogen and oxygen atoms in total. The lowest BCUT2D eigenvalue weighted by Crippen LogP contribution is -2.46. The van der Waals surface area contributed by atoms with Crippen molar-refractivity contribution in [2.45, 2.75) is 46.7 Å². The van der Waals surface area contributed by atoms with E-state index in [4.69, 9.17) is 0 Å². The van der Waals surface area contributed by atoms with E-state index >= 15 is 0 Å². The zero-order chi connectivity index (χ0) is 16.5. The van der Waals surface area contributed by atoms with Crippen LogP contribution < -0.4 is 10.6 Å². The van der Waals surface area contributed by atoms with Gasteiger partial charge in [0.1, 0.15) is 0 Å². The van der Waals surface area contributed by atoms with Crippen LogP contribution in [0, 0.1) is 0 Å². The molecule has 2 N–H and O–H groups in total. The highest BCUT2D eigenvalue weighted by atomic mass is 127. The third-order valence-corrected chi connectivity index (χ3v) is 5.06. The summed E-state index contributed by atoms with van der Waals surface area (Å²) in [6.45, 7) is 12.5. The molecule has 0 radical (unpaired) electrons. The van der Waals surface area contributed by atoms with E-state index in [1.54, 1.807) is 14.0 Å². The highest BCUT2D eigenvalue weighted by molar-refractivity contribution is 14.0. The third-order valence-electron chi connectivity index (χ3n) is 3.36. The normalized spacial score (nSPS) is 12.7. The van der Waals surface area contributed by atoms with Crippen molar-refractivity contribution in [3.05, 3.63) is 0 Å². The molecular weight excluding hydrogens is 415 g/mol. The molecular formula is C14H33IN4O2S. The second-order valence-electron chi connectivity index (χ2n) is 5.59. The number of halogens is 1. The van der Waals surface area contributed by atoms with Crippen LogP contribution in [0.3, 0.4) is 0 Å². The minimum absolute atomic E-state index is 0. The quantitative estimate of drug-likeness (QED) is 0.316. The molecule has 0 unspecified atom stereocenters. The summed E-state index contributed by atoms with van der Waals surface area (Å²) in [6, 6.07) is 0.993. The minimum atomic E-state index is -2.93.